The molecule has 0 heterocycles. The minimum Gasteiger partial charge on any atom is -0.465 e. The number of hydrogen-bond donors (Lipinski definition) is 2. The van der Waals surface area contributed by atoms with Crippen molar-refractivity contribution in [3.05, 3.63) is 6.54 Å². The third-order valence-corrected chi connectivity index (χ3v) is 0.359. The van der Waals surface area contributed by atoms with Crippen molar-refractivity contribution in [1.82, 2.24) is 5.32 Å². The van der Waals surface area contributed by atoms with Crippen LogP contribution >= 0.6 is 0 Å². The fraction of sp³-hybridized carbons (Fsp3) is 0.333. The zero-order valence-corrected chi connectivity index (χ0v) is 4.07. The molecular formula is C3H3F3NO2. The fourth-order valence-electron chi connectivity index (χ4n) is 0.144. The van der Waals surface area contributed by atoms with Crippen LogP contribution in [0, 0.1) is 6.54 Å². The fourth-order valence-corrected chi connectivity index (χ4v) is 0.144. The Morgan fingerprint density at radius 1 is 1.56 bits per heavy atom. The van der Waals surface area contributed by atoms with E-state index >= 15 is 0 Å². The summed E-state index contributed by atoms with van der Waals surface area (Å²) in [7, 11) is 0. The molecule has 0 fully saturated rings. The Morgan fingerprint density at radius 2 is 2.00 bits per heavy atom. The van der Waals surface area contributed by atoms with Gasteiger partial charge < -0.3 is 10.4 Å². The molecule has 1 radical (unpaired) electrons. The highest BCUT2D eigenvalue weighted by Gasteiger charge is 2.28. The molecule has 0 saturated heterocycles. The number of carboxylic acid groups (broad SMARTS) is 1. The van der Waals surface area contributed by atoms with Crippen LogP contribution in [0.3, 0.4) is 0 Å². The molecule has 0 aliphatic heterocycles. The van der Waals surface area contributed by atoms with Crippen molar-refractivity contribution in [1.29, 1.82) is 0 Å². The Labute approximate surface area is 48.5 Å². The van der Waals surface area contributed by atoms with Crippen LogP contribution < -0.4 is 5.32 Å². The van der Waals surface area contributed by atoms with Crippen LogP contribution in [0.15, 0.2) is 0 Å². The largest absolute Gasteiger partial charge is 0.465 e. The second-order valence-electron chi connectivity index (χ2n) is 1.14. The van der Waals surface area contributed by atoms with Crippen molar-refractivity contribution in [2.24, 2.45) is 0 Å². The third-order valence-electron chi connectivity index (χ3n) is 0.359. The van der Waals surface area contributed by atoms with Gasteiger partial charge >= 0.3 is 12.3 Å². The summed E-state index contributed by atoms with van der Waals surface area (Å²) in [6.07, 6.45) is -6.31. The minimum absolute atomic E-state index is 0.463. The molecule has 6 heteroatoms. The van der Waals surface area contributed by atoms with E-state index in [4.69, 9.17) is 5.11 Å². The van der Waals surface area contributed by atoms with Gasteiger partial charge in [0.15, 0.2) is 6.54 Å². The van der Waals surface area contributed by atoms with E-state index in [2.05, 4.69) is 0 Å². The average Bonchev–Trinajstić information content (AvgIpc) is 1.59. The molecule has 0 rings (SSSR count). The molecule has 53 valence electrons. The Balaban J connectivity index is 3.39. The molecular weight excluding hydrogens is 139 g/mol. The topological polar surface area (TPSA) is 49.3 Å². The molecule has 0 saturated carbocycles. The molecule has 0 atom stereocenters. The molecule has 0 aromatic heterocycles. The van der Waals surface area contributed by atoms with Gasteiger partial charge in [0, 0.05) is 0 Å². The molecule has 9 heavy (non-hydrogen) atoms. The summed E-state index contributed by atoms with van der Waals surface area (Å²) in [5.41, 5.74) is 0. The predicted octanol–water partition coefficient (Wildman–Crippen LogP) is 0.978. The van der Waals surface area contributed by atoms with E-state index in [1.54, 1.807) is 0 Å². The molecule has 0 bridgehead atoms. The number of carbonyl (C=O) groups is 1. The lowest BCUT2D eigenvalue weighted by Gasteiger charge is -2.02. The molecule has 0 aromatic rings. The molecule has 2 N–H and O–H groups in total. The molecule has 0 unspecified atom stereocenters. The van der Waals surface area contributed by atoms with Gasteiger partial charge in [0.2, 0.25) is 0 Å². The molecule has 0 aromatic carbocycles. The van der Waals surface area contributed by atoms with Crippen LogP contribution in [0.25, 0.3) is 0 Å². The van der Waals surface area contributed by atoms with E-state index in [1.807, 2.05) is 0 Å². The summed E-state index contributed by atoms with van der Waals surface area (Å²) < 4.78 is 33.1. The van der Waals surface area contributed by atoms with Gasteiger partial charge in [-0.3, -0.25) is 0 Å². The van der Waals surface area contributed by atoms with Crippen LogP contribution in [0.5, 0.6) is 0 Å². The van der Waals surface area contributed by atoms with Crippen molar-refractivity contribution in [3.8, 4) is 0 Å². The zero-order chi connectivity index (χ0) is 7.49. The molecule has 0 aliphatic rings. The smallest absolute Gasteiger partial charge is 0.411 e. The second-order valence-corrected chi connectivity index (χ2v) is 1.14. The Kier molecular flexibility index (Phi) is 2.29. The van der Waals surface area contributed by atoms with Gasteiger partial charge in [-0.05, 0) is 0 Å². The first-order chi connectivity index (χ1) is 3.92. The van der Waals surface area contributed by atoms with Crippen LogP contribution in [0.2, 0.25) is 0 Å². The predicted molar refractivity (Wildman–Crippen MR) is 21.5 cm³/mol. The maximum Gasteiger partial charge on any atom is 0.411 e. The van der Waals surface area contributed by atoms with E-state index in [1.165, 1.54) is 0 Å². The van der Waals surface area contributed by atoms with Gasteiger partial charge in [-0.1, -0.05) is 0 Å². The first-order valence-electron chi connectivity index (χ1n) is 1.82. The standard InChI is InChI=1S/C3H3F3NO2/c4-3(5,6)1-7-2(8)9/h1,7H,(H,8,9). The quantitative estimate of drug-likeness (QED) is 0.573. The normalized spacial score (nSPS) is 11.0. The van der Waals surface area contributed by atoms with Crippen molar-refractivity contribution >= 4 is 6.09 Å². The van der Waals surface area contributed by atoms with Crippen molar-refractivity contribution in [2.75, 3.05) is 0 Å². The van der Waals surface area contributed by atoms with Crippen molar-refractivity contribution in [3.63, 3.8) is 0 Å². The number of alkyl halides is 3. The monoisotopic (exact) mass is 142 g/mol. The van der Waals surface area contributed by atoms with Crippen LogP contribution in [-0.2, 0) is 0 Å². The third kappa shape index (κ3) is 7.06. The van der Waals surface area contributed by atoms with E-state index in [-0.39, 0.29) is 0 Å². The summed E-state index contributed by atoms with van der Waals surface area (Å²) in [4.78, 5) is 9.40. The number of nitrogens with one attached hydrogen (secondary N) is 1. The zero-order valence-electron chi connectivity index (χ0n) is 4.07. The van der Waals surface area contributed by atoms with Gasteiger partial charge in [-0.2, -0.15) is 13.2 Å². The Hall–Kier alpha value is -0.940. The van der Waals surface area contributed by atoms with Crippen molar-refractivity contribution in [2.45, 2.75) is 6.18 Å². The molecule has 0 aliphatic carbocycles. The number of rotatable bonds is 1. The van der Waals surface area contributed by atoms with Crippen LogP contribution in [0.1, 0.15) is 0 Å². The van der Waals surface area contributed by atoms with Gasteiger partial charge in [-0.15, -0.1) is 0 Å². The Bertz CT molecular complexity index is 110. The Morgan fingerprint density at radius 3 is 2.11 bits per heavy atom. The SMILES string of the molecule is O=C(O)N[CH]C(F)(F)F. The lowest BCUT2D eigenvalue weighted by molar-refractivity contribution is -0.100. The average molecular weight is 142 g/mol. The lowest BCUT2D eigenvalue weighted by Crippen LogP contribution is -2.26. The second kappa shape index (κ2) is 2.56. The number of hydrogen-bond acceptors (Lipinski definition) is 1. The first-order valence-corrected chi connectivity index (χ1v) is 1.82. The summed E-state index contributed by atoms with van der Waals surface area (Å²) in [6, 6.07) is 0. The van der Waals surface area contributed by atoms with Crippen LogP contribution in [0.4, 0.5) is 18.0 Å². The summed E-state index contributed by atoms with van der Waals surface area (Å²) in [5, 5.41) is 8.69. The van der Waals surface area contributed by atoms with Gasteiger partial charge in [0.25, 0.3) is 0 Å². The summed E-state index contributed by atoms with van der Waals surface area (Å²) >= 11 is 0. The molecule has 1 amide bonds. The minimum atomic E-state index is -4.58. The van der Waals surface area contributed by atoms with E-state index in [0.29, 0.717) is 0 Å². The van der Waals surface area contributed by atoms with Crippen molar-refractivity contribution < 1.29 is 23.1 Å². The van der Waals surface area contributed by atoms with E-state index in [0.717, 1.165) is 5.32 Å². The maximum absolute atomic E-state index is 11.0. The number of amides is 1. The van der Waals surface area contributed by atoms with Gasteiger partial charge in [0.05, 0.1) is 0 Å². The van der Waals surface area contributed by atoms with E-state index in [9.17, 15) is 18.0 Å². The lowest BCUT2D eigenvalue weighted by atomic mass is 10.6. The first kappa shape index (κ1) is 8.06. The highest BCUT2D eigenvalue weighted by Crippen LogP contribution is 2.15. The summed E-state index contributed by atoms with van der Waals surface area (Å²) in [6.45, 7) is -0.463. The van der Waals surface area contributed by atoms with Crippen LogP contribution in [-0.4, -0.2) is 17.4 Å². The van der Waals surface area contributed by atoms with Gasteiger partial charge in [0.1, 0.15) is 0 Å². The van der Waals surface area contributed by atoms with Gasteiger partial charge in [-0.25, -0.2) is 4.79 Å². The maximum atomic E-state index is 11.0. The highest BCUT2D eigenvalue weighted by molar-refractivity contribution is 5.65. The number of halogens is 3. The highest BCUT2D eigenvalue weighted by atomic mass is 19.4. The molecule has 0 spiro atoms. The molecule has 3 nitrogen and oxygen atoms in total. The van der Waals surface area contributed by atoms with E-state index < -0.39 is 18.8 Å². The summed E-state index contributed by atoms with van der Waals surface area (Å²) in [5.74, 6) is 0.